The molecule has 0 bridgehead atoms. The number of nitrogen functional groups attached to an aromatic ring is 1. The van der Waals surface area contributed by atoms with Crippen LogP contribution in [0.4, 0.5) is 10.1 Å². The number of halogens is 1. The minimum Gasteiger partial charge on any atom is -0.398 e. The van der Waals surface area contributed by atoms with Crippen LogP contribution in [0.25, 0.3) is 10.9 Å². The van der Waals surface area contributed by atoms with Crippen LogP contribution in [0.15, 0.2) is 48.7 Å². The van der Waals surface area contributed by atoms with E-state index in [4.69, 9.17) is 5.73 Å². The number of fused-ring (bicyclic) bond motifs is 1. The standard InChI is InChI=1S/C17H17FN2/c1-2-12-5-3-6-13-9-10-20(17(12)13)11-14-15(18)7-4-8-16(14)19/h3-10H,2,11,19H2,1H3. The summed E-state index contributed by atoms with van der Waals surface area (Å²) in [6, 6.07) is 13.1. The zero-order valence-electron chi connectivity index (χ0n) is 11.4. The molecule has 0 fully saturated rings. The summed E-state index contributed by atoms with van der Waals surface area (Å²) in [6.07, 6.45) is 2.95. The quantitative estimate of drug-likeness (QED) is 0.716. The molecule has 3 aromatic rings. The van der Waals surface area contributed by atoms with Crippen LogP contribution in [0.2, 0.25) is 0 Å². The molecule has 2 N–H and O–H groups in total. The highest BCUT2D eigenvalue weighted by Crippen LogP contribution is 2.24. The minimum absolute atomic E-state index is 0.249. The van der Waals surface area contributed by atoms with Gasteiger partial charge in [0.25, 0.3) is 0 Å². The van der Waals surface area contributed by atoms with Gasteiger partial charge in [-0.2, -0.15) is 0 Å². The maximum absolute atomic E-state index is 13.9. The normalized spacial score (nSPS) is 11.1. The van der Waals surface area contributed by atoms with Gasteiger partial charge in [0.15, 0.2) is 0 Å². The monoisotopic (exact) mass is 268 g/mol. The molecular weight excluding hydrogens is 251 g/mol. The largest absolute Gasteiger partial charge is 0.398 e. The summed E-state index contributed by atoms with van der Waals surface area (Å²) in [6.45, 7) is 2.59. The first kappa shape index (κ1) is 12.7. The van der Waals surface area contributed by atoms with Crippen molar-refractivity contribution in [2.75, 3.05) is 5.73 Å². The van der Waals surface area contributed by atoms with Crippen LogP contribution in [0.1, 0.15) is 18.1 Å². The predicted molar refractivity (Wildman–Crippen MR) is 81.2 cm³/mol. The van der Waals surface area contributed by atoms with E-state index in [1.54, 1.807) is 12.1 Å². The van der Waals surface area contributed by atoms with E-state index in [1.807, 2.05) is 6.20 Å². The first-order chi connectivity index (χ1) is 9.70. The van der Waals surface area contributed by atoms with Gasteiger partial charge >= 0.3 is 0 Å². The summed E-state index contributed by atoms with van der Waals surface area (Å²) in [5, 5.41) is 1.18. The van der Waals surface area contributed by atoms with Crippen LogP contribution in [-0.4, -0.2) is 4.57 Å². The average Bonchev–Trinajstić information content (AvgIpc) is 2.86. The third kappa shape index (κ3) is 2.05. The molecule has 102 valence electrons. The van der Waals surface area contributed by atoms with Crippen molar-refractivity contribution >= 4 is 16.6 Å². The van der Waals surface area contributed by atoms with Crippen LogP contribution < -0.4 is 5.73 Å². The second kappa shape index (κ2) is 5.00. The van der Waals surface area contributed by atoms with Gasteiger partial charge in [0.05, 0.1) is 12.1 Å². The first-order valence-electron chi connectivity index (χ1n) is 6.80. The molecule has 1 aromatic heterocycles. The molecular formula is C17H17FN2. The Bertz CT molecular complexity index is 739. The Labute approximate surface area is 117 Å². The van der Waals surface area contributed by atoms with Gasteiger partial charge in [0.1, 0.15) is 5.82 Å². The van der Waals surface area contributed by atoms with Gasteiger partial charge in [-0.3, -0.25) is 0 Å². The van der Waals surface area contributed by atoms with E-state index < -0.39 is 0 Å². The molecule has 0 aliphatic heterocycles. The van der Waals surface area contributed by atoms with E-state index in [-0.39, 0.29) is 5.82 Å². The number of hydrogen-bond acceptors (Lipinski definition) is 1. The number of para-hydroxylation sites is 1. The third-order valence-corrected chi connectivity index (χ3v) is 3.74. The molecule has 0 spiro atoms. The summed E-state index contributed by atoms with van der Waals surface area (Å²) in [5.41, 5.74) is 9.38. The molecule has 0 radical (unpaired) electrons. The van der Waals surface area contributed by atoms with Crippen molar-refractivity contribution < 1.29 is 4.39 Å². The average molecular weight is 268 g/mol. The van der Waals surface area contributed by atoms with E-state index in [2.05, 4.69) is 35.8 Å². The zero-order valence-corrected chi connectivity index (χ0v) is 11.4. The molecule has 3 rings (SSSR count). The highest BCUT2D eigenvalue weighted by molar-refractivity contribution is 5.83. The molecule has 3 heteroatoms. The molecule has 20 heavy (non-hydrogen) atoms. The van der Waals surface area contributed by atoms with Gasteiger partial charge in [0, 0.05) is 17.4 Å². The molecule has 1 heterocycles. The van der Waals surface area contributed by atoms with Gasteiger partial charge in [-0.1, -0.05) is 31.2 Å². The lowest BCUT2D eigenvalue weighted by molar-refractivity contribution is 0.603. The fourth-order valence-corrected chi connectivity index (χ4v) is 2.67. The Morgan fingerprint density at radius 3 is 2.65 bits per heavy atom. The van der Waals surface area contributed by atoms with Crippen molar-refractivity contribution in [3.05, 3.63) is 65.6 Å². The SMILES string of the molecule is CCc1cccc2ccn(Cc3c(N)cccc3F)c12. The van der Waals surface area contributed by atoms with Crippen LogP contribution >= 0.6 is 0 Å². The van der Waals surface area contributed by atoms with Crippen molar-refractivity contribution in [1.82, 2.24) is 4.57 Å². The molecule has 0 aliphatic rings. The number of aryl methyl sites for hydroxylation is 1. The van der Waals surface area contributed by atoms with Gasteiger partial charge in [-0.15, -0.1) is 0 Å². The molecule has 2 aromatic carbocycles. The zero-order chi connectivity index (χ0) is 14.1. The smallest absolute Gasteiger partial charge is 0.130 e. The van der Waals surface area contributed by atoms with E-state index in [0.717, 1.165) is 11.9 Å². The van der Waals surface area contributed by atoms with Crippen molar-refractivity contribution in [2.45, 2.75) is 19.9 Å². The number of anilines is 1. The lowest BCUT2D eigenvalue weighted by Gasteiger charge is -2.11. The highest BCUT2D eigenvalue weighted by atomic mass is 19.1. The van der Waals surface area contributed by atoms with Gasteiger partial charge in [0.2, 0.25) is 0 Å². The lowest BCUT2D eigenvalue weighted by atomic mass is 10.1. The van der Waals surface area contributed by atoms with Crippen LogP contribution in [0.5, 0.6) is 0 Å². The number of rotatable bonds is 3. The van der Waals surface area contributed by atoms with E-state index >= 15 is 0 Å². The van der Waals surface area contributed by atoms with Crippen molar-refractivity contribution in [1.29, 1.82) is 0 Å². The summed E-state index contributed by atoms with van der Waals surface area (Å²) < 4.78 is 16.0. The first-order valence-corrected chi connectivity index (χ1v) is 6.80. The van der Waals surface area contributed by atoms with E-state index in [1.165, 1.54) is 17.0 Å². The van der Waals surface area contributed by atoms with Crippen LogP contribution in [-0.2, 0) is 13.0 Å². The maximum atomic E-state index is 13.9. The van der Waals surface area contributed by atoms with Crippen molar-refractivity contribution in [2.24, 2.45) is 0 Å². The molecule has 0 saturated carbocycles. The van der Waals surface area contributed by atoms with E-state index in [9.17, 15) is 4.39 Å². The summed E-state index contributed by atoms with van der Waals surface area (Å²) in [7, 11) is 0. The van der Waals surface area contributed by atoms with Gasteiger partial charge < -0.3 is 10.3 Å². The third-order valence-electron chi connectivity index (χ3n) is 3.74. The summed E-state index contributed by atoms with van der Waals surface area (Å²) in [4.78, 5) is 0. The number of benzene rings is 2. The van der Waals surface area contributed by atoms with Gasteiger partial charge in [-0.25, -0.2) is 4.39 Å². The molecule has 0 amide bonds. The van der Waals surface area contributed by atoms with Crippen molar-refractivity contribution in [3.8, 4) is 0 Å². The molecule has 0 saturated heterocycles. The Hall–Kier alpha value is -2.29. The Morgan fingerprint density at radius 1 is 1.10 bits per heavy atom. The number of nitrogens with two attached hydrogens (primary N) is 1. The molecule has 0 unspecified atom stereocenters. The second-order valence-electron chi connectivity index (χ2n) is 4.96. The Morgan fingerprint density at radius 2 is 1.90 bits per heavy atom. The predicted octanol–water partition coefficient (Wildman–Crippen LogP) is 3.97. The molecule has 2 nitrogen and oxygen atoms in total. The Kier molecular flexibility index (Phi) is 3.18. The Balaban J connectivity index is 2.12. The molecule has 0 aliphatic carbocycles. The van der Waals surface area contributed by atoms with Crippen LogP contribution in [0, 0.1) is 5.82 Å². The summed E-state index contributed by atoms with van der Waals surface area (Å²) in [5.74, 6) is -0.249. The minimum atomic E-state index is -0.249. The number of aromatic nitrogens is 1. The number of nitrogens with zero attached hydrogens (tertiary/aromatic N) is 1. The molecule has 0 atom stereocenters. The number of hydrogen-bond donors (Lipinski definition) is 1. The van der Waals surface area contributed by atoms with Crippen molar-refractivity contribution in [3.63, 3.8) is 0 Å². The van der Waals surface area contributed by atoms with Crippen LogP contribution in [0.3, 0.4) is 0 Å². The topological polar surface area (TPSA) is 30.9 Å². The summed E-state index contributed by atoms with van der Waals surface area (Å²) >= 11 is 0. The highest BCUT2D eigenvalue weighted by Gasteiger charge is 2.10. The fraction of sp³-hybridized carbons (Fsp3) is 0.176. The maximum Gasteiger partial charge on any atom is 0.130 e. The van der Waals surface area contributed by atoms with Gasteiger partial charge in [-0.05, 0) is 35.6 Å². The second-order valence-corrected chi connectivity index (χ2v) is 4.96. The lowest BCUT2D eigenvalue weighted by Crippen LogP contribution is -2.05. The van der Waals surface area contributed by atoms with E-state index in [0.29, 0.717) is 17.8 Å². The fourth-order valence-electron chi connectivity index (χ4n) is 2.67.